The fraction of sp³-hybridized carbons (Fsp3) is 0.333. The predicted molar refractivity (Wildman–Crippen MR) is 109 cm³/mol. The number of halogens is 3. The number of aromatic nitrogens is 5. The van der Waals surface area contributed by atoms with Gasteiger partial charge in [0, 0.05) is 17.5 Å². The van der Waals surface area contributed by atoms with Crippen LogP contribution < -0.4 is 10.9 Å². The van der Waals surface area contributed by atoms with Gasteiger partial charge < -0.3 is 14.8 Å². The molecule has 1 aliphatic heterocycles. The molecule has 0 spiro atoms. The number of hydrogen-bond acceptors (Lipinski definition) is 6. The standard InChI is InChI=1S/C21H19F3N6O2/c1-11-2-3-13(8-15(11)21(22,23)24)18-28-20(32-29-18)14-10-26-30-16(9-17(31)27-19(14)30)12-4-6-25-7-5-12/h2-3,8-10,12,25H,4-7H2,1H3,(H,27,31). The first-order valence-corrected chi connectivity index (χ1v) is 10.2. The molecule has 0 saturated carbocycles. The van der Waals surface area contributed by atoms with Crippen molar-refractivity contribution in [1.82, 2.24) is 30.1 Å². The summed E-state index contributed by atoms with van der Waals surface area (Å²) in [5.41, 5.74) is 0.855. The normalized spacial score (nSPS) is 15.5. The average Bonchev–Trinajstić information content (AvgIpc) is 3.40. The number of H-pyrrole nitrogens is 1. The number of alkyl halides is 3. The van der Waals surface area contributed by atoms with Crippen molar-refractivity contribution < 1.29 is 17.7 Å². The molecule has 1 saturated heterocycles. The molecular weight excluding hydrogens is 425 g/mol. The van der Waals surface area contributed by atoms with E-state index in [2.05, 4.69) is 25.5 Å². The summed E-state index contributed by atoms with van der Waals surface area (Å²) in [4.78, 5) is 19.4. The molecule has 0 radical (unpaired) electrons. The summed E-state index contributed by atoms with van der Waals surface area (Å²) in [5.74, 6) is 0.254. The smallest absolute Gasteiger partial charge is 0.333 e. The Labute approximate surface area is 179 Å². The van der Waals surface area contributed by atoms with Crippen LogP contribution >= 0.6 is 0 Å². The third-order valence-corrected chi connectivity index (χ3v) is 5.75. The van der Waals surface area contributed by atoms with Gasteiger partial charge in [0.15, 0.2) is 0 Å². The maximum absolute atomic E-state index is 13.3. The van der Waals surface area contributed by atoms with E-state index in [9.17, 15) is 18.0 Å². The van der Waals surface area contributed by atoms with E-state index in [1.165, 1.54) is 25.3 Å². The lowest BCUT2D eigenvalue weighted by Gasteiger charge is -2.23. The first-order chi connectivity index (χ1) is 15.3. The second-order valence-electron chi connectivity index (χ2n) is 7.85. The van der Waals surface area contributed by atoms with Gasteiger partial charge in [0.05, 0.1) is 17.5 Å². The Morgan fingerprint density at radius 1 is 1.19 bits per heavy atom. The lowest BCUT2D eigenvalue weighted by atomic mass is 9.94. The fourth-order valence-corrected chi connectivity index (χ4v) is 4.09. The molecule has 11 heteroatoms. The topological polar surface area (TPSA) is 101 Å². The van der Waals surface area contributed by atoms with Crippen LogP contribution in [0.3, 0.4) is 0 Å². The summed E-state index contributed by atoms with van der Waals surface area (Å²) in [7, 11) is 0. The molecule has 1 aliphatic rings. The molecule has 32 heavy (non-hydrogen) atoms. The minimum Gasteiger partial charge on any atom is -0.333 e. The zero-order valence-electron chi connectivity index (χ0n) is 17.0. The van der Waals surface area contributed by atoms with Gasteiger partial charge in [-0.25, -0.2) is 4.52 Å². The Morgan fingerprint density at radius 2 is 1.97 bits per heavy atom. The first-order valence-electron chi connectivity index (χ1n) is 10.2. The average molecular weight is 444 g/mol. The van der Waals surface area contributed by atoms with Crippen LogP contribution in [-0.4, -0.2) is 37.8 Å². The lowest BCUT2D eigenvalue weighted by Crippen LogP contribution is -2.28. The van der Waals surface area contributed by atoms with Gasteiger partial charge in [-0.1, -0.05) is 17.3 Å². The molecule has 4 aromatic rings. The Morgan fingerprint density at radius 3 is 2.72 bits per heavy atom. The lowest BCUT2D eigenvalue weighted by molar-refractivity contribution is -0.138. The third-order valence-electron chi connectivity index (χ3n) is 5.75. The van der Waals surface area contributed by atoms with Crippen LogP contribution in [0.15, 0.2) is 39.8 Å². The van der Waals surface area contributed by atoms with E-state index in [1.54, 1.807) is 10.6 Å². The second kappa shape index (κ2) is 7.59. The number of nitrogens with zero attached hydrogens (tertiary/aromatic N) is 4. The fourth-order valence-electron chi connectivity index (χ4n) is 4.09. The van der Waals surface area contributed by atoms with E-state index < -0.39 is 11.7 Å². The Bertz CT molecular complexity index is 1350. The molecule has 0 atom stereocenters. The number of benzene rings is 1. The minimum absolute atomic E-state index is 0.0155. The maximum Gasteiger partial charge on any atom is 0.416 e. The highest BCUT2D eigenvalue weighted by atomic mass is 19.4. The van der Waals surface area contributed by atoms with Gasteiger partial charge in [-0.15, -0.1) is 0 Å². The highest BCUT2D eigenvalue weighted by Crippen LogP contribution is 2.35. The van der Waals surface area contributed by atoms with Crippen LogP contribution in [0, 0.1) is 6.92 Å². The highest BCUT2D eigenvalue weighted by molar-refractivity contribution is 5.72. The number of fused-ring (bicyclic) bond motifs is 1. The van der Waals surface area contributed by atoms with Gasteiger partial charge in [-0.05, 0) is 44.5 Å². The van der Waals surface area contributed by atoms with Crippen molar-refractivity contribution in [3.05, 3.63) is 57.6 Å². The SMILES string of the molecule is Cc1ccc(-c2noc(-c3cnn4c(C5CCNCC5)cc(=O)[nH]c34)n2)cc1C(F)(F)F. The Kier molecular flexibility index (Phi) is 4.85. The van der Waals surface area contributed by atoms with E-state index in [0.29, 0.717) is 11.2 Å². The zero-order valence-corrected chi connectivity index (χ0v) is 17.0. The molecule has 3 aromatic heterocycles. The largest absolute Gasteiger partial charge is 0.416 e. The van der Waals surface area contributed by atoms with Crippen molar-refractivity contribution in [2.24, 2.45) is 0 Å². The number of aromatic amines is 1. The zero-order chi connectivity index (χ0) is 22.5. The molecule has 166 valence electrons. The molecular formula is C21H19F3N6O2. The van der Waals surface area contributed by atoms with E-state index in [0.717, 1.165) is 37.7 Å². The summed E-state index contributed by atoms with van der Waals surface area (Å²) in [6, 6.07) is 5.42. The van der Waals surface area contributed by atoms with Crippen LogP contribution in [0.4, 0.5) is 13.2 Å². The van der Waals surface area contributed by atoms with E-state index in [1.807, 2.05) is 0 Å². The molecule has 5 rings (SSSR count). The highest BCUT2D eigenvalue weighted by Gasteiger charge is 2.33. The van der Waals surface area contributed by atoms with Crippen LogP contribution in [0.5, 0.6) is 0 Å². The van der Waals surface area contributed by atoms with E-state index >= 15 is 0 Å². The molecule has 0 aliphatic carbocycles. The Hall–Kier alpha value is -3.47. The van der Waals surface area contributed by atoms with Crippen molar-refractivity contribution >= 4 is 5.65 Å². The molecule has 8 nitrogen and oxygen atoms in total. The van der Waals surface area contributed by atoms with Crippen molar-refractivity contribution in [2.45, 2.75) is 31.9 Å². The second-order valence-corrected chi connectivity index (χ2v) is 7.85. The molecule has 1 aromatic carbocycles. The summed E-state index contributed by atoms with van der Waals surface area (Å²) in [6.45, 7) is 3.11. The van der Waals surface area contributed by atoms with Crippen molar-refractivity contribution in [3.8, 4) is 22.8 Å². The summed E-state index contributed by atoms with van der Waals surface area (Å²) in [6.07, 6.45) is -1.22. The van der Waals surface area contributed by atoms with Crippen molar-refractivity contribution in [2.75, 3.05) is 13.1 Å². The third kappa shape index (κ3) is 3.58. The van der Waals surface area contributed by atoms with Crippen LogP contribution in [0.2, 0.25) is 0 Å². The van der Waals surface area contributed by atoms with Gasteiger partial charge in [0.1, 0.15) is 11.2 Å². The quantitative estimate of drug-likeness (QED) is 0.501. The number of rotatable bonds is 3. The number of piperidine rings is 1. The molecule has 0 unspecified atom stereocenters. The number of nitrogens with one attached hydrogen (secondary N) is 2. The number of hydrogen-bond donors (Lipinski definition) is 2. The molecule has 0 bridgehead atoms. The summed E-state index contributed by atoms with van der Waals surface area (Å²) < 4.78 is 46.8. The van der Waals surface area contributed by atoms with Crippen molar-refractivity contribution in [1.29, 1.82) is 0 Å². The van der Waals surface area contributed by atoms with Gasteiger partial charge in [-0.3, -0.25) is 4.79 Å². The maximum atomic E-state index is 13.3. The molecule has 1 fully saturated rings. The van der Waals surface area contributed by atoms with Crippen LogP contribution in [-0.2, 0) is 6.18 Å². The van der Waals surface area contributed by atoms with Gasteiger partial charge in [-0.2, -0.15) is 23.3 Å². The van der Waals surface area contributed by atoms with Gasteiger partial charge in [0.25, 0.3) is 11.4 Å². The van der Waals surface area contributed by atoms with Crippen molar-refractivity contribution in [3.63, 3.8) is 0 Å². The summed E-state index contributed by atoms with van der Waals surface area (Å²) >= 11 is 0. The van der Waals surface area contributed by atoms with Gasteiger partial charge >= 0.3 is 6.18 Å². The molecule has 2 N–H and O–H groups in total. The predicted octanol–water partition coefficient (Wildman–Crippen LogP) is 3.53. The first kappa shape index (κ1) is 20.4. The molecule has 4 heterocycles. The van der Waals surface area contributed by atoms with Gasteiger partial charge in [0.2, 0.25) is 5.82 Å². The van der Waals surface area contributed by atoms with Crippen LogP contribution in [0.1, 0.15) is 35.6 Å². The van der Waals surface area contributed by atoms with Crippen LogP contribution in [0.25, 0.3) is 28.5 Å². The minimum atomic E-state index is -4.49. The van der Waals surface area contributed by atoms with E-state index in [4.69, 9.17) is 4.52 Å². The Balaban J connectivity index is 1.56. The number of aryl methyl sites for hydroxylation is 1. The van der Waals surface area contributed by atoms with E-state index in [-0.39, 0.29) is 34.3 Å². The monoisotopic (exact) mass is 444 g/mol. The molecule has 0 amide bonds. The summed E-state index contributed by atoms with van der Waals surface area (Å²) in [5, 5.41) is 11.5.